The second-order valence-electron chi connectivity index (χ2n) is 6.48. The number of anilines is 1. The Morgan fingerprint density at radius 1 is 1.14 bits per heavy atom. The van der Waals surface area contributed by atoms with Gasteiger partial charge in [-0.05, 0) is 60.7 Å². The van der Waals surface area contributed by atoms with Crippen LogP contribution in [0.4, 0.5) is 10.5 Å². The Balaban J connectivity index is 2.06. The molecule has 0 bridgehead atoms. The highest BCUT2D eigenvalue weighted by molar-refractivity contribution is 9.10. The van der Waals surface area contributed by atoms with Crippen LogP contribution < -0.4 is 10.8 Å². The minimum Gasteiger partial charge on any atom is -0.508 e. The number of benzene rings is 2. The summed E-state index contributed by atoms with van der Waals surface area (Å²) in [6.45, 7) is 1.93. The fourth-order valence-electron chi connectivity index (χ4n) is 2.71. The van der Waals surface area contributed by atoms with Gasteiger partial charge in [0.15, 0.2) is 0 Å². The normalized spacial score (nSPS) is 12.9. The van der Waals surface area contributed by atoms with Gasteiger partial charge in [0.25, 0.3) is 5.91 Å². The molecule has 8 heteroatoms. The van der Waals surface area contributed by atoms with Crippen LogP contribution in [0.15, 0.2) is 65.2 Å². The lowest BCUT2D eigenvalue weighted by molar-refractivity contribution is -0.124. The molecule has 0 unspecified atom stereocenters. The molecule has 2 aromatic rings. The number of aromatic hydroxyl groups is 1. The molecule has 4 N–H and O–H groups in total. The number of carbonyl (C=O) groups excluding carboxylic acids is 2. The summed E-state index contributed by atoms with van der Waals surface area (Å²) in [5, 5.41) is 20.7. The van der Waals surface area contributed by atoms with E-state index < -0.39 is 18.1 Å². The van der Waals surface area contributed by atoms with Gasteiger partial charge in [-0.15, -0.1) is 0 Å². The summed E-state index contributed by atoms with van der Waals surface area (Å²) < 4.78 is 6.58. The second kappa shape index (κ2) is 11.2. The lowest BCUT2D eigenvalue weighted by Crippen LogP contribution is -2.22. The minimum atomic E-state index is -0.599. The van der Waals surface area contributed by atoms with Crippen LogP contribution in [0, 0.1) is 5.92 Å². The Hall–Kier alpha value is -2.84. The molecule has 154 valence electrons. The summed E-state index contributed by atoms with van der Waals surface area (Å²) >= 11 is 3.34. The molecule has 0 aliphatic rings. The third-order valence-corrected chi connectivity index (χ3v) is 4.76. The van der Waals surface area contributed by atoms with Gasteiger partial charge in [-0.3, -0.25) is 15.3 Å². The standard InChI is InChI=1S/C21H23BrN2O5/c1-14(4-2-3-5-19(26)24-28)20(15-6-12-18(25)13-7-15)29-21(27)23-17-10-8-16(22)9-11-17/h3,5-14,20,25,28H,2,4H2,1H3,(H,23,27)(H,24,26)/b5-3+/t14-,20+/m0/s1. The first kappa shape index (κ1) is 22.4. The highest BCUT2D eigenvalue weighted by Gasteiger charge is 2.23. The summed E-state index contributed by atoms with van der Waals surface area (Å²) in [5.74, 6) is -0.549. The SMILES string of the molecule is C[C@@H](CC/C=C/C(=O)NO)[C@@H](OC(=O)Nc1ccc(Br)cc1)c1ccc(O)cc1. The van der Waals surface area contributed by atoms with Crippen LogP contribution in [0.25, 0.3) is 0 Å². The molecule has 2 atom stereocenters. The molecule has 0 aliphatic heterocycles. The number of nitrogens with one attached hydrogen (secondary N) is 2. The Bertz CT molecular complexity index is 837. The van der Waals surface area contributed by atoms with Crippen LogP contribution in [-0.2, 0) is 9.53 Å². The van der Waals surface area contributed by atoms with E-state index in [2.05, 4.69) is 21.2 Å². The Labute approximate surface area is 177 Å². The summed E-state index contributed by atoms with van der Waals surface area (Å²) in [7, 11) is 0. The van der Waals surface area contributed by atoms with Crippen molar-refractivity contribution in [3.05, 3.63) is 70.7 Å². The molecular formula is C21H23BrN2O5. The molecule has 2 rings (SSSR count). The maximum atomic E-state index is 12.4. The van der Waals surface area contributed by atoms with E-state index in [0.717, 1.165) is 10.0 Å². The van der Waals surface area contributed by atoms with Gasteiger partial charge in [0.2, 0.25) is 0 Å². The van der Waals surface area contributed by atoms with Crippen molar-refractivity contribution in [3.63, 3.8) is 0 Å². The van der Waals surface area contributed by atoms with Crippen LogP contribution >= 0.6 is 15.9 Å². The summed E-state index contributed by atoms with van der Waals surface area (Å²) in [4.78, 5) is 23.5. The van der Waals surface area contributed by atoms with Crippen molar-refractivity contribution in [2.75, 3.05) is 5.32 Å². The van der Waals surface area contributed by atoms with Gasteiger partial charge in [-0.1, -0.05) is 41.1 Å². The lowest BCUT2D eigenvalue weighted by atomic mass is 9.93. The molecule has 0 heterocycles. The smallest absolute Gasteiger partial charge is 0.412 e. The molecule has 7 nitrogen and oxygen atoms in total. The van der Waals surface area contributed by atoms with Crippen molar-refractivity contribution in [2.45, 2.75) is 25.9 Å². The Morgan fingerprint density at radius 3 is 2.41 bits per heavy atom. The summed E-state index contributed by atoms with van der Waals surface area (Å²) in [6.07, 6.45) is 2.92. The van der Waals surface area contributed by atoms with Crippen molar-refractivity contribution in [3.8, 4) is 5.75 Å². The molecule has 2 amide bonds. The average molecular weight is 463 g/mol. The lowest BCUT2D eigenvalue weighted by Gasteiger charge is -2.24. The first-order valence-corrected chi connectivity index (χ1v) is 9.81. The maximum absolute atomic E-state index is 12.4. The number of amides is 2. The van der Waals surface area contributed by atoms with Gasteiger partial charge in [0.1, 0.15) is 11.9 Å². The van der Waals surface area contributed by atoms with E-state index in [0.29, 0.717) is 18.5 Å². The van der Waals surface area contributed by atoms with Crippen LogP contribution in [0.2, 0.25) is 0 Å². The number of allylic oxidation sites excluding steroid dienone is 1. The van der Waals surface area contributed by atoms with Crippen LogP contribution in [-0.4, -0.2) is 22.3 Å². The Kier molecular flexibility index (Phi) is 8.69. The van der Waals surface area contributed by atoms with Gasteiger partial charge in [0, 0.05) is 16.2 Å². The Morgan fingerprint density at radius 2 is 1.79 bits per heavy atom. The number of halogens is 1. The predicted molar refractivity (Wildman–Crippen MR) is 113 cm³/mol. The number of ether oxygens (including phenoxy) is 1. The first-order chi connectivity index (χ1) is 13.9. The van der Waals surface area contributed by atoms with E-state index in [1.807, 2.05) is 19.1 Å². The molecule has 29 heavy (non-hydrogen) atoms. The molecule has 0 saturated carbocycles. The van der Waals surface area contributed by atoms with Gasteiger partial charge in [-0.25, -0.2) is 10.3 Å². The van der Waals surface area contributed by atoms with E-state index in [9.17, 15) is 14.7 Å². The molecule has 0 aromatic heterocycles. The number of rotatable bonds is 8. The fraction of sp³-hybridized carbons (Fsp3) is 0.238. The number of phenols is 1. The van der Waals surface area contributed by atoms with E-state index >= 15 is 0 Å². The van der Waals surface area contributed by atoms with E-state index in [-0.39, 0.29) is 11.7 Å². The molecule has 0 fully saturated rings. The van der Waals surface area contributed by atoms with Crippen molar-refractivity contribution < 1.29 is 24.6 Å². The van der Waals surface area contributed by atoms with Gasteiger partial charge in [0.05, 0.1) is 0 Å². The van der Waals surface area contributed by atoms with Crippen LogP contribution in [0.3, 0.4) is 0 Å². The molecular weight excluding hydrogens is 440 g/mol. The zero-order valence-corrected chi connectivity index (χ0v) is 17.4. The second-order valence-corrected chi connectivity index (χ2v) is 7.40. The highest BCUT2D eigenvalue weighted by atomic mass is 79.9. The summed E-state index contributed by atoms with van der Waals surface area (Å²) in [6, 6.07) is 13.6. The molecule has 2 aromatic carbocycles. The molecule has 0 spiro atoms. The molecule has 0 saturated heterocycles. The topological polar surface area (TPSA) is 108 Å². The van der Waals surface area contributed by atoms with Gasteiger partial charge < -0.3 is 9.84 Å². The van der Waals surface area contributed by atoms with Gasteiger partial charge in [-0.2, -0.15) is 0 Å². The minimum absolute atomic E-state index is 0.0722. The number of hydrogen-bond donors (Lipinski definition) is 4. The van der Waals surface area contributed by atoms with Crippen molar-refractivity contribution in [1.82, 2.24) is 5.48 Å². The van der Waals surface area contributed by atoms with Crippen molar-refractivity contribution in [1.29, 1.82) is 0 Å². The number of phenolic OH excluding ortho intramolecular Hbond substituents is 1. The summed E-state index contributed by atoms with van der Waals surface area (Å²) in [5.41, 5.74) is 2.88. The predicted octanol–water partition coefficient (Wildman–Crippen LogP) is 4.92. The maximum Gasteiger partial charge on any atom is 0.412 e. The average Bonchev–Trinajstić information content (AvgIpc) is 2.71. The largest absolute Gasteiger partial charge is 0.508 e. The number of hydrogen-bond acceptors (Lipinski definition) is 5. The third-order valence-electron chi connectivity index (χ3n) is 4.23. The van der Waals surface area contributed by atoms with Crippen molar-refractivity contribution in [2.24, 2.45) is 5.92 Å². The number of carbonyl (C=O) groups is 2. The van der Waals surface area contributed by atoms with Crippen LogP contribution in [0.5, 0.6) is 5.75 Å². The molecule has 0 radical (unpaired) electrons. The van der Waals surface area contributed by atoms with E-state index in [4.69, 9.17) is 9.94 Å². The first-order valence-electron chi connectivity index (χ1n) is 9.01. The number of hydroxylamine groups is 1. The zero-order chi connectivity index (χ0) is 21.2. The van der Waals surface area contributed by atoms with E-state index in [1.165, 1.54) is 23.7 Å². The third kappa shape index (κ3) is 7.59. The van der Waals surface area contributed by atoms with Gasteiger partial charge >= 0.3 is 6.09 Å². The van der Waals surface area contributed by atoms with E-state index in [1.54, 1.807) is 30.3 Å². The molecule has 0 aliphatic carbocycles. The highest BCUT2D eigenvalue weighted by Crippen LogP contribution is 2.31. The van der Waals surface area contributed by atoms with Crippen LogP contribution in [0.1, 0.15) is 31.4 Å². The fourth-order valence-corrected chi connectivity index (χ4v) is 2.98. The quantitative estimate of drug-likeness (QED) is 0.253. The zero-order valence-electron chi connectivity index (χ0n) is 15.8. The monoisotopic (exact) mass is 462 g/mol. The van der Waals surface area contributed by atoms with Crippen molar-refractivity contribution >= 4 is 33.6 Å².